The average Bonchev–Trinajstić information content (AvgIpc) is 3.70. The largest absolute Gasteiger partial charge is 0.494 e. The number of ether oxygens (including phenoxy) is 2. The number of hydrogen-bond acceptors (Lipinski definition) is 6. The molecule has 3 heterocycles. The first kappa shape index (κ1) is 33.4. The highest BCUT2D eigenvalue weighted by Gasteiger charge is 2.75. The Morgan fingerprint density at radius 2 is 1.78 bits per heavy atom. The van der Waals surface area contributed by atoms with Crippen LogP contribution in [0.15, 0.2) is 79.9 Å². The minimum Gasteiger partial charge on any atom is -0.494 e. The van der Waals surface area contributed by atoms with Gasteiger partial charge in [-0.3, -0.25) is 14.4 Å². The second kappa shape index (κ2) is 14.2. The zero-order chi connectivity index (χ0) is 33.0. The molecule has 9 heteroatoms. The number of aliphatic hydroxyl groups is 1. The second-order valence-corrected chi connectivity index (χ2v) is 12.9. The summed E-state index contributed by atoms with van der Waals surface area (Å²) in [6.45, 7) is 14.8. The first-order valence-electron chi connectivity index (χ1n) is 16.4. The van der Waals surface area contributed by atoms with E-state index in [0.29, 0.717) is 43.9 Å². The standard InChI is InChI=1S/C37H47N3O6/c1-6-20-38(23-26-12-10-9-11-13-26)36(44)33-37-19-18-30(46-37)31(32(37)35(43)40(33)28(24-41)22-25(4)5)34(42)39(21-7-2)27-14-16-29(17-15-27)45-8-3/h6-7,9-17,25,28,30-33,41H,1-2,8,18-24H2,3-5H3/t28-,30-,31+,32+,33?,37?/m1/s1. The fourth-order valence-corrected chi connectivity index (χ4v) is 7.75. The molecular weight excluding hydrogens is 582 g/mol. The van der Waals surface area contributed by atoms with Crippen molar-refractivity contribution >= 4 is 23.4 Å². The number of anilines is 1. The van der Waals surface area contributed by atoms with Crippen LogP contribution in [0.4, 0.5) is 5.69 Å². The van der Waals surface area contributed by atoms with Gasteiger partial charge in [0.2, 0.25) is 17.7 Å². The van der Waals surface area contributed by atoms with Gasteiger partial charge in [0, 0.05) is 25.3 Å². The first-order valence-corrected chi connectivity index (χ1v) is 16.4. The van der Waals surface area contributed by atoms with Crippen LogP contribution in [0.2, 0.25) is 0 Å². The first-order chi connectivity index (χ1) is 22.2. The van der Waals surface area contributed by atoms with Gasteiger partial charge in [0.15, 0.2) is 0 Å². The molecule has 1 N–H and O–H groups in total. The van der Waals surface area contributed by atoms with Gasteiger partial charge in [0.25, 0.3) is 0 Å². The van der Waals surface area contributed by atoms with Gasteiger partial charge in [0.05, 0.1) is 37.2 Å². The molecule has 2 aromatic carbocycles. The van der Waals surface area contributed by atoms with Crippen LogP contribution in [-0.4, -0.2) is 82.7 Å². The van der Waals surface area contributed by atoms with Crippen LogP contribution in [-0.2, 0) is 25.7 Å². The Bertz CT molecular complexity index is 1410. The minimum atomic E-state index is -1.18. The van der Waals surface area contributed by atoms with Gasteiger partial charge in [-0.25, -0.2) is 0 Å². The molecule has 246 valence electrons. The number of fused-ring (bicyclic) bond motifs is 1. The van der Waals surface area contributed by atoms with Crippen molar-refractivity contribution in [1.29, 1.82) is 0 Å². The van der Waals surface area contributed by atoms with E-state index in [2.05, 4.69) is 13.2 Å². The van der Waals surface area contributed by atoms with E-state index in [1.54, 1.807) is 26.9 Å². The van der Waals surface area contributed by atoms with E-state index in [0.717, 1.165) is 5.56 Å². The van der Waals surface area contributed by atoms with Crippen LogP contribution in [0.1, 0.15) is 45.6 Å². The highest BCUT2D eigenvalue weighted by Crippen LogP contribution is 2.59. The van der Waals surface area contributed by atoms with Crippen LogP contribution in [0.25, 0.3) is 0 Å². The number of rotatable bonds is 15. The van der Waals surface area contributed by atoms with Gasteiger partial charge < -0.3 is 29.3 Å². The molecule has 0 saturated carbocycles. The van der Waals surface area contributed by atoms with Crippen molar-refractivity contribution in [2.75, 3.05) is 31.2 Å². The summed E-state index contributed by atoms with van der Waals surface area (Å²) in [6, 6.07) is 15.4. The quantitative estimate of drug-likeness (QED) is 0.289. The molecule has 0 aromatic heterocycles. The van der Waals surface area contributed by atoms with Crippen molar-refractivity contribution in [2.24, 2.45) is 17.8 Å². The number of carbonyl (C=O) groups excluding carboxylic acids is 3. The summed E-state index contributed by atoms with van der Waals surface area (Å²) < 4.78 is 12.3. The SMILES string of the molecule is C=CCN(Cc1ccccc1)C(=O)C1N([C@@H](CO)CC(C)C)C(=O)[C@@H]2[C@@H](C(=O)N(CC=C)c3ccc(OCC)cc3)[C@H]3CCC12O3. The van der Waals surface area contributed by atoms with Crippen LogP contribution in [0.5, 0.6) is 5.75 Å². The van der Waals surface area contributed by atoms with E-state index in [-0.39, 0.29) is 43.3 Å². The predicted molar refractivity (Wildman–Crippen MR) is 177 cm³/mol. The fraction of sp³-hybridized carbons (Fsp3) is 0.486. The molecule has 3 fully saturated rings. The summed E-state index contributed by atoms with van der Waals surface area (Å²) in [6.07, 6.45) is 4.37. The summed E-state index contributed by atoms with van der Waals surface area (Å²) in [4.78, 5) is 48.9. The lowest BCUT2D eigenvalue weighted by molar-refractivity contribution is -0.151. The van der Waals surface area contributed by atoms with Crippen molar-refractivity contribution < 1.29 is 29.0 Å². The topological polar surface area (TPSA) is 99.6 Å². The van der Waals surface area contributed by atoms with Gasteiger partial charge in [0.1, 0.15) is 17.4 Å². The molecule has 5 rings (SSSR count). The zero-order valence-corrected chi connectivity index (χ0v) is 27.2. The lowest BCUT2D eigenvalue weighted by Crippen LogP contribution is -2.58. The Morgan fingerprint density at radius 3 is 2.39 bits per heavy atom. The summed E-state index contributed by atoms with van der Waals surface area (Å²) in [5.74, 6) is -1.59. The van der Waals surface area contributed by atoms with Crippen molar-refractivity contribution in [3.05, 3.63) is 85.5 Å². The predicted octanol–water partition coefficient (Wildman–Crippen LogP) is 4.60. The van der Waals surface area contributed by atoms with Gasteiger partial charge in [-0.15, -0.1) is 13.2 Å². The van der Waals surface area contributed by atoms with Crippen LogP contribution in [0.3, 0.4) is 0 Å². The Labute approximate surface area is 272 Å². The van der Waals surface area contributed by atoms with Crippen molar-refractivity contribution in [1.82, 2.24) is 9.80 Å². The third-order valence-electron chi connectivity index (χ3n) is 9.52. The van der Waals surface area contributed by atoms with Crippen LogP contribution in [0, 0.1) is 17.8 Å². The van der Waals surface area contributed by atoms with Crippen LogP contribution < -0.4 is 9.64 Å². The lowest BCUT2D eigenvalue weighted by Gasteiger charge is -2.39. The van der Waals surface area contributed by atoms with Crippen molar-refractivity contribution in [3.8, 4) is 5.75 Å². The van der Waals surface area contributed by atoms with Gasteiger partial charge in [-0.2, -0.15) is 0 Å². The summed E-state index contributed by atoms with van der Waals surface area (Å²) >= 11 is 0. The Balaban J connectivity index is 1.55. The summed E-state index contributed by atoms with van der Waals surface area (Å²) in [7, 11) is 0. The molecule has 2 aromatic rings. The lowest BCUT2D eigenvalue weighted by atomic mass is 9.70. The molecule has 3 amide bonds. The smallest absolute Gasteiger partial charge is 0.249 e. The van der Waals surface area contributed by atoms with E-state index in [1.807, 2.05) is 75.4 Å². The van der Waals surface area contributed by atoms with E-state index in [9.17, 15) is 19.5 Å². The molecule has 3 saturated heterocycles. The highest BCUT2D eigenvalue weighted by atomic mass is 16.5. The molecule has 3 aliphatic rings. The third kappa shape index (κ3) is 6.10. The average molecular weight is 630 g/mol. The Hall–Kier alpha value is -3.95. The maximum Gasteiger partial charge on any atom is 0.249 e. The molecule has 2 unspecified atom stereocenters. The highest BCUT2D eigenvalue weighted by molar-refractivity contribution is 6.03. The molecule has 2 bridgehead atoms. The molecule has 9 nitrogen and oxygen atoms in total. The zero-order valence-electron chi connectivity index (χ0n) is 27.2. The number of nitrogens with zero attached hydrogens (tertiary/aromatic N) is 3. The van der Waals surface area contributed by atoms with E-state index >= 15 is 0 Å². The Morgan fingerprint density at radius 1 is 1.09 bits per heavy atom. The van der Waals surface area contributed by atoms with Gasteiger partial charge >= 0.3 is 0 Å². The minimum absolute atomic E-state index is 0.157. The maximum absolute atomic E-state index is 14.7. The molecule has 1 spiro atoms. The number of amides is 3. The molecule has 6 atom stereocenters. The van der Waals surface area contributed by atoms with Gasteiger partial charge in [-0.1, -0.05) is 56.3 Å². The fourth-order valence-electron chi connectivity index (χ4n) is 7.75. The summed E-state index contributed by atoms with van der Waals surface area (Å²) in [5, 5.41) is 10.6. The number of likely N-dealkylation sites (tertiary alicyclic amines) is 1. The number of carbonyl (C=O) groups is 3. The molecular formula is C37H47N3O6. The number of hydrogen-bond donors (Lipinski definition) is 1. The molecule has 0 radical (unpaired) electrons. The normalized spacial score (nSPS) is 25.3. The van der Waals surface area contributed by atoms with Crippen molar-refractivity contribution in [3.63, 3.8) is 0 Å². The van der Waals surface area contributed by atoms with E-state index in [4.69, 9.17) is 9.47 Å². The van der Waals surface area contributed by atoms with Gasteiger partial charge in [-0.05, 0) is 61.9 Å². The van der Waals surface area contributed by atoms with E-state index < -0.39 is 35.6 Å². The molecule has 3 aliphatic heterocycles. The number of aliphatic hydroxyl groups excluding tert-OH is 1. The van der Waals surface area contributed by atoms with E-state index in [1.165, 1.54) is 0 Å². The number of benzene rings is 2. The van der Waals surface area contributed by atoms with Crippen LogP contribution >= 0.6 is 0 Å². The summed E-state index contributed by atoms with van der Waals surface area (Å²) in [5.41, 5.74) is 0.426. The molecule has 0 aliphatic carbocycles. The second-order valence-electron chi connectivity index (χ2n) is 12.9. The Kier molecular flexibility index (Phi) is 10.3. The third-order valence-corrected chi connectivity index (χ3v) is 9.52. The molecule has 46 heavy (non-hydrogen) atoms. The maximum atomic E-state index is 14.7. The van der Waals surface area contributed by atoms with Crippen molar-refractivity contribution in [2.45, 2.75) is 70.4 Å². The monoisotopic (exact) mass is 629 g/mol.